The van der Waals surface area contributed by atoms with Gasteiger partial charge in [-0.1, -0.05) is 47.7 Å². The Morgan fingerprint density at radius 2 is 2.00 bits per heavy atom. The molecule has 4 aromatic rings. The molecule has 39 heavy (non-hydrogen) atoms. The lowest BCUT2D eigenvalue weighted by atomic mass is 9.97. The Kier molecular flexibility index (Phi) is 7.39. The summed E-state index contributed by atoms with van der Waals surface area (Å²) in [6.07, 6.45) is 1.74. The number of thiophene rings is 1. The summed E-state index contributed by atoms with van der Waals surface area (Å²) in [5.74, 6) is 0.775. The Morgan fingerprint density at radius 1 is 1.21 bits per heavy atom. The van der Waals surface area contributed by atoms with Gasteiger partial charge in [-0.2, -0.15) is 0 Å². The maximum Gasteiger partial charge on any atom is 0.338 e. The van der Waals surface area contributed by atoms with Crippen molar-refractivity contribution >= 4 is 62.2 Å². The number of ether oxygens (including phenoxy) is 2. The number of esters is 1. The number of nitrogens with zero attached hydrogens (tertiary/aromatic N) is 3. The fraction of sp³-hybridized carbons (Fsp3) is 0.250. The van der Waals surface area contributed by atoms with Crippen LogP contribution in [-0.2, 0) is 14.3 Å². The van der Waals surface area contributed by atoms with Crippen molar-refractivity contribution in [1.29, 1.82) is 0 Å². The van der Waals surface area contributed by atoms with Crippen LogP contribution in [-0.4, -0.2) is 43.4 Å². The van der Waals surface area contributed by atoms with E-state index in [2.05, 4.69) is 20.8 Å². The molecule has 0 saturated carbocycles. The van der Waals surface area contributed by atoms with E-state index in [-0.39, 0.29) is 12.2 Å². The normalized spacial score (nSPS) is 17.7. The average molecular weight is 627 g/mol. The molecule has 8 nitrogen and oxygen atoms in total. The highest BCUT2D eigenvalue weighted by Crippen LogP contribution is 2.37. The Hall–Kier alpha value is -3.25. The predicted molar refractivity (Wildman–Crippen MR) is 155 cm³/mol. The van der Waals surface area contributed by atoms with E-state index in [1.807, 2.05) is 53.9 Å². The highest BCUT2D eigenvalue weighted by molar-refractivity contribution is 9.10. The summed E-state index contributed by atoms with van der Waals surface area (Å²) in [6.45, 7) is 4.71. The zero-order chi connectivity index (χ0) is 26.9. The number of furan rings is 1. The minimum absolute atomic E-state index is 0.213. The largest absolute Gasteiger partial charge is 0.463 e. The Balaban J connectivity index is 1.53. The molecule has 0 amide bonds. The number of carbonyl (C=O) groups excluding carboxylic acids is 1. The van der Waals surface area contributed by atoms with Crippen molar-refractivity contribution in [2.75, 3.05) is 37.8 Å². The van der Waals surface area contributed by atoms with Crippen LogP contribution in [0.2, 0.25) is 0 Å². The number of thiazole rings is 1. The number of aromatic nitrogens is 1. The second kappa shape index (κ2) is 11.1. The van der Waals surface area contributed by atoms with E-state index in [0.717, 1.165) is 28.0 Å². The minimum atomic E-state index is -0.662. The first-order chi connectivity index (χ1) is 19.0. The van der Waals surface area contributed by atoms with Crippen LogP contribution in [0.3, 0.4) is 0 Å². The van der Waals surface area contributed by atoms with E-state index in [1.54, 1.807) is 17.6 Å². The number of carbonyl (C=O) groups is 1. The summed E-state index contributed by atoms with van der Waals surface area (Å²) < 4.78 is 20.0. The first-order valence-corrected chi connectivity index (χ1v) is 15.0. The van der Waals surface area contributed by atoms with Gasteiger partial charge < -0.3 is 18.8 Å². The summed E-state index contributed by atoms with van der Waals surface area (Å²) in [5.41, 5.74) is 1.40. The number of benzene rings is 1. The number of anilines is 1. The van der Waals surface area contributed by atoms with Gasteiger partial charge >= 0.3 is 5.97 Å². The fourth-order valence-electron chi connectivity index (χ4n) is 4.72. The Bertz CT molecular complexity index is 1710. The van der Waals surface area contributed by atoms with Gasteiger partial charge in [0, 0.05) is 35.7 Å². The molecular weight excluding hydrogens is 602 g/mol. The average Bonchev–Trinajstić information content (AvgIpc) is 3.69. The molecule has 200 valence electrons. The summed E-state index contributed by atoms with van der Waals surface area (Å²) in [4.78, 5) is 35.7. The number of morpholine rings is 1. The molecule has 2 aliphatic heterocycles. The van der Waals surface area contributed by atoms with E-state index >= 15 is 0 Å². The van der Waals surface area contributed by atoms with Gasteiger partial charge in [0.1, 0.15) is 11.8 Å². The minimum Gasteiger partial charge on any atom is -0.463 e. The Labute approximate surface area is 240 Å². The van der Waals surface area contributed by atoms with Crippen LogP contribution < -0.4 is 19.8 Å². The quantitative estimate of drug-likeness (QED) is 0.299. The van der Waals surface area contributed by atoms with E-state index in [1.165, 1.54) is 22.7 Å². The van der Waals surface area contributed by atoms with E-state index in [0.29, 0.717) is 45.5 Å². The molecular formula is C28H24BrN3O5S2. The second-order valence-electron chi connectivity index (χ2n) is 8.85. The van der Waals surface area contributed by atoms with Crippen LogP contribution >= 0.6 is 38.6 Å². The molecule has 0 N–H and O–H groups in total. The van der Waals surface area contributed by atoms with Gasteiger partial charge in [-0.25, -0.2) is 9.79 Å². The van der Waals surface area contributed by atoms with Gasteiger partial charge in [-0.15, -0.1) is 11.3 Å². The van der Waals surface area contributed by atoms with Gasteiger partial charge in [0.15, 0.2) is 4.80 Å². The maximum atomic E-state index is 13.9. The molecule has 0 radical (unpaired) electrons. The molecule has 2 aliphatic rings. The molecule has 1 atom stereocenters. The number of rotatable bonds is 6. The first-order valence-electron chi connectivity index (χ1n) is 12.5. The zero-order valence-corrected chi connectivity index (χ0v) is 24.2. The molecule has 3 aromatic heterocycles. The molecule has 0 aliphatic carbocycles. The molecule has 0 bridgehead atoms. The van der Waals surface area contributed by atoms with Crippen LogP contribution in [0.15, 0.2) is 78.2 Å². The topological polar surface area (TPSA) is 86.3 Å². The molecule has 1 saturated heterocycles. The highest BCUT2D eigenvalue weighted by atomic mass is 79.9. The van der Waals surface area contributed by atoms with Gasteiger partial charge in [0.2, 0.25) is 5.88 Å². The van der Waals surface area contributed by atoms with Crippen LogP contribution in [0.25, 0.3) is 11.8 Å². The van der Waals surface area contributed by atoms with Crippen molar-refractivity contribution in [3.8, 4) is 0 Å². The maximum absolute atomic E-state index is 13.9. The SMILES string of the molecule is CCOC(=O)C1=C(c2ccccc2)N=c2s/c(=C/c3cc(Br)c(N4CCOCC4)o3)c(=O)n2[C@@H]1c1cccs1. The summed E-state index contributed by atoms with van der Waals surface area (Å²) in [7, 11) is 0. The number of hydrogen-bond acceptors (Lipinski definition) is 9. The van der Waals surface area contributed by atoms with Gasteiger partial charge in [-0.3, -0.25) is 9.36 Å². The molecule has 11 heteroatoms. The van der Waals surface area contributed by atoms with Crippen molar-refractivity contribution in [2.24, 2.45) is 4.99 Å². The van der Waals surface area contributed by atoms with E-state index < -0.39 is 12.0 Å². The monoisotopic (exact) mass is 625 g/mol. The smallest absolute Gasteiger partial charge is 0.338 e. The summed E-state index contributed by atoms with van der Waals surface area (Å²) >= 11 is 6.35. The number of fused-ring (bicyclic) bond motifs is 1. The zero-order valence-electron chi connectivity index (χ0n) is 21.0. The van der Waals surface area contributed by atoms with Crippen LogP contribution in [0.1, 0.15) is 29.2 Å². The third-order valence-corrected chi connectivity index (χ3v) is 8.92. The van der Waals surface area contributed by atoms with Crippen LogP contribution in [0.5, 0.6) is 0 Å². The third-order valence-electron chi connectivity index (χ3n) is 6.45. The Morgan fingerprint density at radius 3 is 2.72 bits per heavy atom. The van der Waals surface area contributed by atoms with Crippen molar-refractivity contribution in [3.05, 3.63) is 99.8 Å². The lowest BCUT2D eigenvalue weighted by Crippen LogP contribution is -2.39. The van der Waals surface area contributed by atoms with Crippen molar-refractivity contribution in [3.63, 3.8) is 0 Å². The summed E-state index contributed by atoms with van der Waals surface area (Å²) in [5, 5.41) is 1.93. The lowest BCUT2D eigenvalue weighted by molar-refractivity contribution is -0.138. The van der Waals surface area contributed by atoms with Gasteiger partial charge in [0.05, 0.1) is 40.1 Å². The molecule has 1 aromatic carbocycles. The predicted octanol–water partition coefficient (Wildman–Crippen LogP) is 4.19. The highest BCUT2D eigenvalue weighted by Gasteiger charge is 2.35. The van der Waals surface area contributed by atoms with Crippen molar-refractivity contribution < 1.29 is 18.7 Å². The van der Waals surface area contributed by atoms with Crippen molar-refractivity contribution in [2.45, 2.75) is 13.0 Å². The van der Waals surface area contributed by atoms with Crippen molar-refractivity contribution in [1.82, 2.24) is 4.57 Å². The molecule has 5 heterocycles. The van der Waals surface area contributed by atoms with Crippen LogP contribution in [0, 0.1) is 0 Å². The van der Waals surface area contributed by atoms with E-state index in [4.69, 9.17) is 18.9 Å². The third kappa shape index (κ3) is 4.95. The van der Waals surface area contributed by atoms with E-state index in [9.17, 15) is 9.59 Å². The lowest BCUT2D eigenvalue weighted by Gasteiger charge is -2.26. The standard InChI is InChI=1S/C28H24BrN3O5S2/c1-2-36-27(34)22-23(17-7-4-3-5-8-17)30-28-32(24(22)20-9-6-14-38-20)25(33)21(39-28)16-18-15-19(29)26(37-18)31-10-12-35-13-11-31/h3-9,14-16,24H,2,10-13H2,1H3/b21-16+/t24-/m1/s1. The second-order valence-corrected chi connectivity index (χ2v) is 11.7. The van der Waals surface area contributed by atoms with Crippen LogP contribution in [0.4, 0.5) is 5.88 Å². The first kappa shape index (κ1) is 26.0. The molecule has 6 rings (SSSR count). The molecule has 0 unspecified atom stereocenters. The molecule has 0 spiro atoms. The summed E-state index contributed by atoms with van der Waals surface area (Å²) in [6, 6.07) is 14.6. The van der Waals surface area contributed by atoms with Gasteiger partial charge in [0.25, 0.3) is 5.56 Å². The number of halogens is 1. The number of hydrogen-bond donors (Lipinski definition) is 0. The van der Waals surface area contributed by atoms with Gasteiger partial charge in [-0.05, 0) is 34.3 Å². The molecule has 1 fully saturated rings. The fourth-order valence-corrected chi connectivity index (χ4v) is 7.08.